The van der Waals surface area contributed by atoms with Gasteiger partial charge in [0.2, 0.25) is 0 Å². The number of nitrogens with zero attached hydrogens (tertiary/aromatic N) is 1. The number of aliphatic hydroxyl groups is 1. The van der Waals surface area contributed by atoms with E-state index in [2.05, 4.69) is 5.32 Å². The summed E-state index contributed by atoms with van der Waals surface area (Å²) in [6.07, 6.45) is -0.819. The van der Waals surface area contributed by atoms with Crippen LogP contribution in [0, 0.1) is 10.1 Å². The van der Waals surface area contributed by atoms with Gasteiger partial charge >= 0.3 is 5.88 Å². The predicted molar refractivity (Wildman–Crippen MR) is 67.0 cm³/mol. The van der Waals surface area contributed by atoms with Crippen molar-refractivity contribution in [1.29, 1.82) is 0 Å². The largest absolute Gasteiger partial charge is 0.433 e. The summed E-state index contributed by atoms with van der Waals surface area (Å²) < 4.78 is 4.74. The van der Waals surface area contributed by atoms with E-state index in [1.54, 1.807) is 11.4 Å². The molecule has 0 aliphatic carbocycles. The molecule has 19 heavy (non-hydrogen) atoms. The van der Waals surface area contributed by atoms with Gasteiger partial charge < -0.3 is 14.8 Å². The van der Waals surface area contributed by atoms with Gasteiger partial charge in [-0.05, 0) is 28.5 Å². The standard InChI is InChI=1S/C11H10N2O5S/c14-8(7-3-4-19-6-7)5-12-11(15)9-1-2-10(18-9)13(16)17/h1-4,6,8,14H,5H2,(H,12,15). The van der Waals surface area contributed by atoms with Crippen molar-refractivity contribution in [3.63, 3.8) is 0 Å². The number of nitrogens with one attached hydrogen (secondary N) is 1. The number of amides is 1. The SMILES string of the molecule is O=C(NCC(O)c1ccsc1)c1ccc([N+](=O)[O-])o1. The summed E-state index contributed by atoms with van der Waals surface area (Å²) in [4.78, 5) is 21.3. The van der Waals surface area contributed by atoms with Crippen molar-refractivity contribution in [1.82, 2.24) is 5.32 Å². The lowest BCUT2D eigenvalue weighted by Crippen LogP contribution is -2.27. The number of hydrogen-bond donors (Lipinski definition) is 2. The molecule has 1 atom stereocenters. The first-order valence-electron chi connectivity index (χ1n) is 5.30. The van der Waals surface area contributed by atoms with Gasteiger partial charge in [-0.2, -0.15) is 11.3 Å². The summed E-state index contributed by atoms with van der Waals surface area (Å²) in [5.41, 5.74) is 0.704. The molecule has 2 aromatic rings. The highest BCUT2D eigenvalue weighted by molar-refractivity contribution is 7.07. The van der Waals surface area contributed by atoms with Gasteiger partial charge in [0, 0.05) is 6.54 Å². The van der Waals surface area contributed by atoms with Gasteiger partial charge in [-0.25, -0.2) is 0 Å². The molecule has 0 radical (unpaired) electrons. The maximum absolute atomic E-state index is 11.6. The Morgan fingerprint density at radius 3 is 2.89 bits per heavy atom. The minimum atomic E-state index is -0.819. The van der Waals surface area contributed by atoms with E-state index >= 15 is 0 Å². The van der Waals surface area contributed by atoms with E-state index < -0.39 is 22.8 Å². The van der Waals surface area contributed by atoms with Gasteiger partial charge in [0.15, 0.2) is 5.76 Å². The second-order valence-corrected chi connectivity index (χ2v) is 4.46. The van der Waals surface area contributed by atoms with Crippen LogP contribution in [0.25, 0.3) is 0 Å². The van der Waals surface area contributed by atoms with E-state index in [4.69, 9.17) is 4.42 Å². The van der Waals surface area contributed by atoms with Crippen molar-refractivity contribution in [3.05, 3.63) is 50.4 Å². The zero-order valence-corrected chi connectivity index (χ0v) is 10.4. The van der Waals surface area contributed by atoms with Crippen LogP contribution in [0.15, 0.2) is 33.4 Å². The number of thiophene rings is 1. The van der Waals surface area contributed by atoms with Crippen molar-refractivity contribution >= 4 is 23.1 Å². The number of aliphatic hydroxyl groups excluding tert-OH is 1. The molecule has 0 spiro atoms. The number of furan rings is 1. The molecule has 0 bridgehead atoms. The maximum atomic E-state index is 11.6. The Morgan fingerprint density at radius 2 is 2.32 bits per heavy atom. The first-order chi connectivity index (χ1) is 9.08. The van der Waals surface area contributed by atoms with Gasteiger partial charge in [-0.15, -0.1) is 0 Å². The number of carbonyl (C=O) groups is 1. The second-order valence-electron chi connectivity index (χ2n) is 3.68. The molecule has 1 unspecified atom stereocenters. The lowest BCUT2D eigenvalue weighted by atomic mass is 10.2. The van der Waals surface area contributed by atoms with E-state index in [0.717, 1.165) is 6.07 Å². The molecule has 2 aromatic heterocycles. The Labute approximate surface area is 111 Å². The minimum absolute atomic E-state index is 0.00403. The highest BCUT2D eigenvalue weighted by Crippen LogP contribution is 2.17. The molecule has 2 rings (SSSR count). The van der Waals surface area contributed by atoms with E-state index in [1.165, 1.54) is 17.4 Å². The Bertz CT molecular complexity index is 578. The summed E-state index contributed by atoms with van der Waals surface area (Å²) in [7, 11) is 0. The van der Waals surface area contributed by atoms with E-state index in [0.29, 0.717) is 5.56 Å². The summed E-state index contributed by atoms with van der Waals surface area (Å²) in [5, 5.41) is 26.2. The van der Waals surface area contributed by atoms with Crippen LogP contribution in [0.1, 0.15) is 22.2 Å². The van der Waals surface area contributed by atoms with Crippen molar-refractivity contribution in [2.24, 2.45) is 0 Å². The fourth-order valence-electron chi connectivity index (χ4n) is 1.41. The Balaban J connectivity index is 1.92. The minimum Gasteiger partial charge on any atom is -0.395 e. The molecule has 7 nitrogen and oxygen atoms in total. The van der Waals surface area contributed by atoms with Crippen LogP contribution in [0.4, 0.5) is 5.88 Å². The Kier molecular flexibility index (Phi) is 3.93. The highest BCUT2D eigenvalue weighted by atomic mass is 32.1. The summed E-state index contributed by atoms with van der Waals surface area (Å²) in [6.45, 7) is 0.00403. The molecule has 1 amide bonds. The van der Waals surface area contributed by atoms with E-state index in [-0.39, 0.29) is 12.3 Å². The number of nitro groups is 1. The summed E-state index contributed by atoms with van der Waals surface area (Å²) in [6, 6.07) is 4.06. The lowest BCUT2D eigenvalue weighted by Gasteiger charge is -2.09. The van der Waals surface area contributed by atoms with Gasteiger partial charge in [0.25, 0.3) is 5.91 Å². The topological polar surface area (TPSA) is 106 Å². The van der Waals surface area contributed by atoms with Crippen molar-refractivity contribution in [2.75, 3.05) is 6.54 Å². The normalized spacial score (nSPS) is 12.1. The third-order valence-corrected chi connectivity index (χ3v) is 3.08. The maximum Gasteiger partial charge on any atom is 0.433 e. The Morgan fingerprint density at radius 1 is 1.53 bits per heavy atom. The summed E-state index contributed by atoms with van der Waals surface area (Å²) in [5.74, 6) is -1.27. The van der Waals surface area contributed by atoms with Gasteiger partial charge in [0.05, 0.1) is 12.2 Å². The zero-order chi connectivity index (χ0) is 13.8. The smallest absolute Gasteiger partial charge is 0.395 e. The molecule has 8 heteroatoms. The quantitative estimate of drug-likeness (QED) is 0.641. The molecule has 100 valence electrons. The number of hydrogen-bond acceptors (Lipinski definition) is 6. The van der Waals surface area contributed by atoms with Crippen LogP contribution in [0.3, 0.4) is 0 Å². The molecule has 0 aliphatic heterocycles. The first-order valence-corrected chi connectivity index (χ1v) is 6.25. The molecule has 0 aromatic carbocycles. The van der Waals surface area contributed by atoms with Crippen molar-refractivity contribution in [3.8, 4) is 0 Å². The van der Waals surface area contributed by atoms with Crippen LogP contribution >= 0.6 is 11.3 Å². The van der Waals surface area contributed by atoms with Crippen molar-refractivity contribution in [2.45, 2.75) is 6.10 Å². The van der Waals surface area contributed by atoms with Crippen LogP contribution in [0.2, 0.25) is 0 Å². The molecule has 0 aliphatic rings. The summed E-state index contributed by atoms with van der Waals surface area (Å²) >= 11 is 1.44. The van der Waals surface area contributed by atoms with E-state index in [9.17, 15) is 20.0 Å². The van der Waals surface area contributed by atoms with Crippen molar-refractivity contribution < 1.29 is 19.2 Å². The van der Waals surface area contributed by atoms with Crippen LogP contribution in [0.5, 0.6) is 0 Å². The molecule has 0 saturated carbocycles. The van der Waals surface area contributed by atoms with Crippen LogP contribution in [-0.2, 0) is 0 Å². The molecular weight excluding hydrogens is 272 g/mol. The Hall–Kier alpha value is -2.19. The average molecular weight is 282 g/mol. The lowest BCUT2D eigenvalue weighted by molar-refractivity contribution is -0.402. The number of rotatable bonds is 5. The van der Waals surface area contributed by atoms with Crippen LogP contribution < -0.4 is 5.32 Å². The predicted octanol–water partition coefficient (Wildman–Crippen LogP) is 1.71. The highest BCUT2D eigenvalue weighted by Gasteiger charge is 2.18. The molecular formula is C11H10N2O5S. The van der Waals surface area contributed by atoms with Gasteiger partial charge in [0.1, 0.15) is 4.92 Å². The third-order valence-electron chi connectivity index (χ3n) is 2.38. The van der Waals surface area contributed by atoms with Gasteiger partial charge in [-0.3, -0.25) is 14.9 Å². The molecule has 2 N–H and O–H groups in total. The van der Waals surface area contributed by atoms with Crippen LogP contribution in [-0.4, -0.2) is 22.5 Å². The van der Waals surface area contributed by atoms with Gasteiger partial charge in [-0.1, -0.05) is 0 Å². The monoisotopic (exact) mass is 282 g/mol. The average Bonchev–Trinajstić information content (AvgIpc) is 3.05. The fraction of sp³-hybridized carbons (Fsp3) is 0.182. The molecule has 0 fully saturated rings. The van der Waals surface area contributed by atoms with E-state index in [1.807, 2.05) is 5.38 Å². The number of carbonyl (C=O) groups excluding carboxylic acids is 1. The first kappa shape index (κ1) is 13.2. The fourth-order valence-corrected chi connectivity index (χ4v) is 2.11. The third kappa shape index (κ3) is 3.18. The second kappa shape index (κ2) is 5.63. The zero-order valence-electron chi connectivity index (χ0n) is 9.61. The molecule has 2 heterocycles. The molecule has 0 saturated heterocycles.